The molecule has 0 saturated heterocycles. The molecule has 0 heterocycles. The Morgan fingerprint density at radius 1 is 1.39 bits per heavy atom. The lowest BCUT2D eigenvalue weighted by Gasteiger charge is -2.10. The van der Waals surface area contributed by atoms with Gasteiger partial charge >= 0.3 is 0 Å². The third kappa shape index (κ3) is 3.52. The maximum atomic E-state index is 11.3. The van der Waals surface area contributed by atoms with Gasteiger partial charge in [0.15, 0.2) is 5.78 Å². The van der Waals surface area contributed by atoms with Gasteiger partial charge in [0.2, 0.25) is 0 Å². The lowest BCUT2D eigenvalue weighted by molar-refractivity contribution is 0.101. The molecule has 0 bridgehead atoms. The van der Waals surface area contributed by atoms with Crippen molar-refractivity contribution in [1.29, 1.82) is 0 Å². The maximum Gasteiger partial charge on any atom is 0.159 e. The molecule has 0 radical (unpaired) electrons. The minimum atomic E-state index is 0.0528. The van der Waals surface area contributed by atoms with Crippen LogP contribution < -0.4 is 0 Å². The molecule has 0 amide bonds. The van der Waals surface area contributed by atoms with Gasteiger partial charge in [-0.15, -0.1) is 0 Å². The molecule has 1 saturated carbocycles. The Kier molecular flexibility index (Phi) is 4.70. The van der Waals surface area contributed by atoms with E-state index in [1.807, 2.05) is 17.8 Å². The molecule has 0 aliphatic heterocycles. The first-order chi connectivity index (χ1) is 8.66. The summed E-state index contributed by atoms with van der Waals surface area (Å²) < 4.78 is 0. The number of phenols is 1. The van der Waals surface area contributed by atoms with E-state index in [4.69, 9.17) is 0 Å². The fourth-order valence-electron chi connectivity index (χ4n) is 2.43. The molecular formula is C15H20O2S. The number of rotatable bonds is 5. The zero-order chi connectivity index (χ0) is 13.0. The normalized spacial score (nSPS) is 16.1. The molecule has 1 aliphatic rings. The highest BCUT2D eigenvalue weighted by molar-refractivity contribution is 7.98. The van der Waals surface area contributed by atoms with E-state index in [1.165, 1.54) is 31.4 Å². The number of Topliss-reactive ketones (excluding diaryl/α,β-unsaturated/α-hetero) is 1. The molecule has 1 aliphatic carbocycles. The van der Waals surface area contributed by atoms with Crippen molar-refractivity contribution in [2.75, 3.05) is 5.75 Å². The van der Waals surface area contributed by atoms with Crippen molar-refractivity contribution < 1.29 is 9.90 Å². The van der Waals surface area contributed by atoms with E-state index in [9.17, 15) is 9.90 Å². The standard InChI is InChI=1S/C15H20O2S/c1-11(16)13-6-7-15(17)14(8-13)10-18-9-12-4-2-3-5-12/h6-8,12,17H,2-5,9-10H2,1H3. The van der Waals surface area contributed by atoms with Crippen LogP contribution in [0.3, 0.4) is 0 Å². The fourth-order valence-corrected chi connectivity index (χ4v) is 3.67. The van der Waals surface area contributed by atoms with Gasteiger partial charge in [0, 0.05) is 16.9 Å². The molecule has 0 unspecified atom stereocenters. The molecule has 1 N–H and O–H groups in total. The SMILES string of the molecule is CC(=O)c1ccc(O)c(CSCC2CCCC2)c1. The molecule has 3 heteroatoms. The van der Waals surface area contributed by atoms with Crippen LogP contribution in [0.4, 0.5) is 0 Å². The molecule has 18 heavy (non-hydrogen) atoms. The lowest BCUT2D eigenvalue weighted by Crippen LogP contribution is -1.98. The van der Waals surface area contributed by atoms with Crippen LogP contribution in [0.15, 0.2) is 18.2 Å². The molecule has 1 aromatic rings. The maximum absolute atomic E-state index is 11.3. The molecule has 2 rings (SSSR count). The van der Waals surface area contributed by atoms with Crippen molar-refractivity contribution in [3.63, 3.8) is 0 Å². The predicted octanol–water partition coefficient (Wildman–Crippen LogP) is 4.02. The van der Waals surface area contributed by atoms with Gasteiger partial charge in [-0.25, -0.2) is 0 Å². The number of carbonyl (C=O) groups is 1. The van der Waals surface area contributed by atoms with Crippen LogP contribution in [0.2, 0.25) is 0 Å². The molecular weight excluding hydrogens is 244 g/mol. The molecule has 2 nitrogen and oxygen atoms in total. The monoisotopic (exact) mass is 264 g/mol. The highest BCUT2D eigenvalue weighted by atomic mass is 32.2. The molecule has 98 valence electrons. The molecule has 0 atom stereocenters. The summed E-state index contributed by atoms with van der Waals surface area (Å²) in [5.74, 6) is 3.18. The number of aromatic hydroxyl groups is 1. The van der Waals surface area contributed by atoms with E-state index in [0.717, 1.165) is 17.2 Å². The summed E-state index contributed by atoms with van der Waals surface area (Å²) in [6, 6.07) is 5.13. The largest absolute Gasteiger partial charge is 0.508 e. The van der Waals surface area contributed by atoms with Gasteiger partial charge < -0.3 is 5.11 Å². The number of phenolic OH excluding ortho intramolecular Hbond substituents is 1. The molecule has 0 aromatic heterocycles. The quantitative estimate of drug-likeness (QED) is 0.816. The van der Waals surface area contributed by atoms with Crippen LogP contribution in [-0.2, 0) is 5.75 Å². The van der Waals surface area contributed by atoms with Gasteiger partial charge in [0.05, 0.1) is 0 Å². The predicted molar refractivity (Wildman–Crippen MR) is 76.2 cm³/mol. The highest BCUT2D eigenvalue weighted by Crippen LogP contribution is 2.30. The number of ketones is 1. The van der Waals surface area contributed by atoms with E-state index >= 15 is 0 Å². The lowest BCUT2D eigenvalue weighted by atomic mass is 10.1. The fraction of sp³-hybridized carbons (Fsp3) is 0.533. The second-order valence-corrected chi connectivity index (χ2v) is 6.10. The van der Waals surface area contributed by atoms with Crippen LogP contribution in [-0.4, -0.2) is 16.6 Å². The Labute approximate surface area is 113 Å². The number of hydrogen-bond acceptors (Lipinski definition) is 3. The van der Waals surface area contributed by atoms with Gasteiger partial charge in [-0.2, -0.15) is 11.8 Å². The van der Waals surface area contributed by atoms with Crippen LogP contribution >= 0.6 is 11.8 Å². The minimum absolute atomic E-state index is 0.0528. The van der Waals surface area contributed by atoms with Gasteiger partial charge in [0.1, 0.15) is 5.75 Å². The van der Waals surface area contributed by atoms with Crippen molar-refractivity contribution in [2.45, 2.75) is 38.4 Å². The average molecular weight is 264 g/mol. The van der Waals surface area contributed by atoms with Crippen molar-refractivity contribution in [3.05, 3.63) is 29.3 Å². The number of hydrogen-bond donors (Lipinski definition) is 1. The van der Waals surface area contributed by atoms with Gasteiger partial charge in [-0.05, 0) is 49.6 Å². The topological polar surface area (TPSA) is 37.3 Å². The van der Waals surface area contributed by atoms with Gasteiger partial charge in [0.25, 0.3) is 0 Å². The second kappa shape index (κ2) is 6.28. The van der Waals surface area contributed by atoms with Crippen molar-refractivity contribution in [1.82, 2.24) is 0 Å². The zero-order valence-corrected chi connectivity index (χ0v) is 11.6. The highest BCUT2D eigenvalue weighted by Gasteiger charge is 2.15. The van der Waals surface area contributed by atoms with Crippen LogP contribution in [0.5, 0.6) is 5.75 Å². The van der Waals surface area contributed by atoms with E-state index in [2.05, 4.69) is 0 Å². The first-order valence-corrected chi connectivity index (χ1v) is 7.73. The average Bonchev–Trinajstić information content (AvgIpc) is 2.84. The zero-order valence-electron chi connectivity index (χ0n) is 10.8. The van der Waals surface area contributed by atoms with E-state index in [-0.39, 0.29) is 5.78 Å². The van der Waals surface area contributed by atoms with Crippen molar-refractivity contribution >= 4 is 17.5 Å². The summed E-state index contributed by atoms with van der Waals surface area (Å²) in [6.45, 7) is 1.56. The van der Waals surface area contributed by atoms with Gasteiger partial charge in [-0.1, -0.05) is 12.8 Å². The minimum Gasteiger partial charge on any atom is -0.508 e. The van der Waals surface area contributed by atoms with Crippen LogP contribution in [0, 0.1) is 5.92 Å². The number of carbonyl (C=O) groups excluding carboxylic acids is 1. The Hall–Kier alpha value is -0.960. The Morgan fingerprint density at radius 3 is 2.78 bits per heavy atom. The number of thioether (sulfide) groups is 1. The summed E-state index contributed by atoms with van der Waals surface area (Å²) in [5.41, 5.74) is 1.56. The Bertz CT molecular complexity index is 423. The number of benzene rings is 1. The van der Waals surface area contributed by atoms with Crippen molar-refractivity contribution in [2.24, 2.45) is 5.92 Å². The first kappa shape index (κ1) is 13.5. The van der Waals surface area contributed by atoms with Crippen LogP contribution in [0.1, 0.15) is 48.5 Å². The Morgan fingerprint density at radius 2 is 2.11 bits per heavy atom. The first-order valence-electron chi connectivity index (χ1n) is 6.57. The van der Waals surface area contributed by atoms with Crippen LogP contribution in [0.25, 0.3) is 0 Å². The smallest absolute Gasteiger partial charge is 0.159 e. The third-order valence-corrected chi connectivity index (χ3v) is 4.79. The van der Waals surface area contributed by atoms with E-state index < -0.39 is 0 Å². The third-order valence-electron chi connectivity index (χ3n) is 3.57. The molecule has 1 fully saturated rings. The van der Waals surface area contributed by atoms with Gasteiger partial charge in [-0.3, -0.25) is 4.79 Å². The van der Waals surface area contributed by atoms with Crippen molar-refractivity contribution in [3.8, 4) is 5.75 Å². The summed E-state index contributed by atoms with van der Waals surface area (Å²) in [4.78, 5) is 11.3. The van der Waals surface area contributed by atoms with E-state index in [0.29, 0.717) is 11.3 Å². The summed E-state index contributed by atoms with van der Waals surface area (Å²) in [6.07, 6.45) is 5.45. The summed E-state index contributed by atoms with van der Waals surface area (Å²) >= 11 is 1.87. The molecule has 1 aromatic carbocycles. The van der Waals surface area contributed by atoms with E-state index in [1.54, 1.807) is 19.1 Å². The second-order valence-electron chi connectivity index (χ2n) is 5.07. The molecule has 0 spiro atoms. The summed E-state index contributed by atoms with van der Waals surface area (Å²) in [5, 5.41) is 9.78. The summed E-state index contributed by atoms with van der Waals surface area (Å²) in [7, 11) is 0. The Balaban J connectivity index is 1.91.